The van der Waals surface area contributed by atoms with Crippen LogP contribution in [0.1, 0.15) is 53.4 Å². The Morgan fingerprint density at radius 1 is 1.17 bits per heavy atom. The van der Waals surface area contributed by atoms with E-state index in [-0.39, 0.29) is 0 Å². The van der Waals surface area contributed by atoms with Crippen LogP contribution < -0.4 is 0 Å². The molecule has 0 rings (SSSR count). The van der Waals surface area contributed by atoms with Crippen LogP contribution in [0.3, 0.4) is 0 Å². The van der Waals surface area contributed by atoms with Gasteiger partial charge in [0.1, 0.15) is 0 Å². The number of hydrogen-bond acceptors (Lipinski definition) is 1. The van der Waals surface area contributed by atoms with Crippen LogP contribution in [0.5, 0.6) is 0 Å². The van der Waals surface area contributed by atoms with E-state index in [1.807, 2.05) is 0 Å². The number of allylic oxidation sites excluding steroid dienone is 2. The fraction of sp³-hybridized carbons (Fsp3) is 0.867. The summed E-state index contributed by atoms with van der Waals surface area (Å²) in [5.41, 5.74) is 0. The summed E-state index contributed by atoms with van der Waals surface area (Å²) < 4.78 is 7.56. The zero-order valence-corrected chi connectivity index (χ0v) is 16.2. The SMILES string of the molecule is CC(CCC/C=C\CCI)O[Si](C)(C)C(C)(C)C. The summed E-state index contributed by atoms with van der Waals surface area (Å²) in [6, 6.07) is 0. The molecule has 0 saturated carbocycles. The summed E-state index contributed by atoms with van der Waals surface area (Å²) in [5.74, 6) is 0. The van der Waals surface area contributed by atoms with Gasteiger partial charge in [-0.25, -0.2) is 0 Å². The minimum absolute atomic E-state index is 0.321. The second kappa shape index (κ2) is 8.75. The molecule has 1 unspecified atom stereocenters. The highest BCUT2D eigenvalue weighted by Crippen LogP contribution is 2.37. The summed E-state index contributed by atoms with van der Waals surface area (Å²) >= 11 is 2.41. The third-order valence-electron chi connectivity index (χ3n) is 3.73. The Kier molecular flexibility index (Phi) is 9.06. The van der Waals surface area contributed by atoms with Crippen molar-refractivity contribution >= 4 is 30.9 Å². The van der Waals surface area contributed by atoms with E-state index in [0.29, 0.717) is 11.1 Å². The summed E-state index contributed by atoms with van der Waals surface area (Å²) in [4.78, 5) is 0. The maximum Gasteiger partial charge on any atom is 0.192 e. The average molecular weight is 382 g/mol. The molecule has 0 N–H and O–H groups in total. The molecule has 0 aromatic rings. The number of hydrogen-bond donors (Lipinski definition) is 0. The third-order valence-corrected chi connectivity index (χ3v) is 8.95. The van der Waals surface area contributed by atoms with Crippen LogP contribution in [0.2, 0.25) is 18.1 Å². The topological polar surface area (TPSA) is 9.23 Å². The molecule has 0 aliphatic carbocycles. The van der Waals surface area contributed by atoms with Crippen LogP contribution >= 0.6 is 22.6 Å². The Morgan fingerprint density at radius 3 is 2.22 bits per heavy atom. The number of rotatable bonds is 8. The molecule has 0 radical (unpaired) electrons. The first-order chi connectivity index (χ1) is 8.20. The zero-order valence-electron chi connectivity index (χ0n) is 13.1. The highest BCUT2D eigenvalue weighted by Gasteiger charge is 2.38. The Labute approximate surface area is 129 Å². The van der Waals surface area contributed by atoms with E-state index >= 15 is 0 Å². The van der Waals surface area contributed by atoms with E-state index < -0.39 is 8.32 Å². The molecule has 0 bridgehead atoms. The van der Waals surface area contributed by atoms with Crippen LogP contribution in [0.4, 0.5) is 0 Å². The lowest BCUT2D eigenvalue weighted by atomic mass is 10.1. The zero-order chi connectivity index (χ0) is 14.2. The third kappa shape index (κ3) is 7.95. The lowest BCUT2D eigenvalue weighted by molar-refractivity contribution is 0.187. The summed E-state index contributed by atoms with van der Waals surface area (Å²) in [6.07, 6.45) is 9.85. The van der Waals surface area contributed by atoms with Gasteiger partial charge in [0.05, 0.1) is 0 Å². The maximum atomic E-state index is 6.34. The first kappa shape index (κ1) is 18.6. The van der Waals surface area contributed by atoms with Gasteiger partial charge in [-0.05, 0) is 50.7 Å². The van der Waals surface area contributed by atoms with E-state index in [2.05, 4.69) is 75.5 Å². The number of alkyl halides is 1. The Hall–Kier alpha value is 0.647. The molecular formula is C15H31IOSi. The molecular weight excluding hydrogens is 351 g/mol. The van der Waals surface area contributed by atoms with Crippen molar-refractivity contribution in [2.45, 2.75) is 77.6 Å². The van der Waals surface area contributed by atoms with E-state index in [1.165, 1.54) is 30.1 Å². The molecule has 1 nitrogen and oxygen atoms in total. The summed E-state index contributed by atoms with van der Waals surface area (Å²) in [5, 5.41) is 0.321. The minimum atomic E-state index is -1.57. The van der Waals surface area contributed by atoms with E-state index in [9.17, 15) is 0 Å². The first-order valence-electron chi connectivity index (χ1n) is 7.09. The first-order valence-corrected chi connectivity index (χ1v) is 11.5. The second-order valence-electron chi connectivity index (χ2n) is 6.57. The van der Waals surface area contributed by atoms with Gasteiger partial charge in [0.15, 0.2) is 8.32 Å². The quantitative estimate of drug-likeness (QED) is 0.166. The van der Waals surface area contributed by atoms with Crippen molar-refractivity contribution in [2.24, 2.45) is 0 Å². The molecule has 0 aliphatic rings. The highest BCUT2D eigenvalue weighted by atomic mass is 127. The molecule has 0 amide bonds. The fourth-order valence-electron chi connectivity index (χ4n) is 1.56. The van der Waals surface area contributed by atoms with Crippen molar-refractivity contribution < 1.29 is 4.43 Å². The average Bonchev–Trinajstić information content (AvgIpc) is 2.20. The lowest BCUT2D eigenvalue weighted by Gasteiger charge is -2.38. The van der Waals surface area contributed by atoms with Crippen molar-refractivity contribution in [3.8, 4) is 0 Å². The van der Waals surface area contributed by atoms with Gasteiger partial charge in [-0.3, -0.25) is 0 Å². The molecule has 3 heteroatoms. The van der Waals surface area contributed by atoms with Crippen LogP contribution in [0.25, 0.3) is 0 Å². The van der Waals surface area contributed by atoms with Crippen LogP contribution in [-0.2, 0) is 4.43 Å². The molecule has 0 aromatic heterocycles. The summed E-state index contributed by atoms with van der Waals surface area (Å²) in [7, 11) is -1.57. The Bertz CT molecular complexity index is 243. The highest BCUT2D eigenvalue weighted by molar-refractivity contribution is 14.1. The van der Waals surface area contributed by atoms with Gasteiger partial charge in [0.2, 0.25) is 0 Å². The van der Waals surface area contributed by atoms with Gasteiger partial charge in [0.25, 0.3) is 0 Å². The van der Waals surface area contributed by atoms with Gasteiger partial charge in [-0.15, -0.1) is 0 Å². The van der Waals surface area contributed by atoms with Crippen LogP contribution in [0.15, 0.2) is 12.2 Å². The number of halogens is 1. The molecule has 0 aromatic carbocycles. The molecule has 1 atom stereocenters. The smallest absolute Gasteiger partial charge is 0.192 e. The molecule has 0 saturated heterocycles. The van der Waals surface area contributed by atoms with Gasteiger partial charge in [0, 0.05) is 10.5 Å². The predicted octanol–water partition coefficient (Wildman–Crippen LogP) is 5.95. The van der Waals surface area contributed by atoms with Gasteiger partial charge in [-0.2, -0.15) is 0 Å². The molecule has 0 heterocycles. The maximum absolute atomic E-state index is 6.34. The molecule has 0 fully saturated rings. The van der Waals surface area contributed by atoms with Gasteiger partial charge < -0.3 is 4.43 Å². The van der Waals surface area contributed by atoms with Crippen molar-refractivity contribution in [1.82, 2.24) is 0 Å². The Balaban J connectivity index is 3.88. The fourth-order valence-corrected chi connectivity index (χ4v) is 3.40. The number of unbranched alkanes of at least 4 members (excludes halogenated alkanes) is 1. The van der Waals surface area contributed by atoms with Crippen molar-refractivity contribution in [2.75, 3.05) is 4.43 Å². The van der Waals surface area contributed by atoms with E-state index in [1.54, 1.807) is 0 Å². The van der Waals surface area contributed by atoms with Crippen molar-refractivity contribution in [3.63, 3.8) is 0 Å². The van der Waals surface area contributed by atoms with E-state index in [0.717, 1.165) is 0 Å². The minimum Gasteiger partial charge on any atom is -0.414 e. The van der Waals surface area contributed by atoms with Crippen molar-refractivity contribution in [3.05, 3.63) is 12.2 Å². The van der Waals surface area contributed by atoms with E-state index in [4.69, 9.17) is 4.43 Å². The monoisotopic (exact) mass is 382 g/mol. The standard InChI is InChI=1S/C15H31IOSi/c1-14(12-10-8-7-9-11-13-16)17-18(5,6)15(2,3)4/h7,9,14H,8,10-13H2,1-6H3/b9-7-. The van der Waals surface area contributed by atoms with Crippen LogP contribution in [-0.4, -0.2) is 18.8 Å². The predicted molar refractivity (Wildman–Crippen MR) is 94.2 cm³/mol. The Morgan fingerprint density at radius 2 is 1.72 bits per heavy atom. The normalized spacial score (nSPS) is 15.3. The van der Waals surface area contributed by atoms with Gasteiger partial charge >= 0.3 is 0 Å². The lowest BCUT2D eigenvalue weighted by Crippen LogP contribution is -2.43. The largest absolute Gasteiger partial charge is 0.414 e. The van der Waals surface area contributed by atoms with Gasteiger partial charge in [-0.1, -0.05) is 55.5 Å². The molecule has 108 valence electrons. The second-order valence-corrected chi connectivity index (χ2v) is 12.4. The van der Waals surface area contributed by atoms with Crippen molar-refractivity contribution in [1.29, 1.82) is 0 Å². The molecule has 18 heavy (non-hydrogen) atoms. The molecule has 0 spiro atoms. The summed E-state index contributed by atoms with van der Waals surface area (Å²) in [6.45, 7) is 13.8. The van der Waals surface area contributed by atoms with Crippen LogP contribution in [0, 0.1) is 0 Å². The molecule has 0 aliphatic heterocycles.